The van der Waals surface area contributed by atoms with Crippen LogP contribution in [-0.4, -0.2) is 5.91 Å². The number of rotatable bonds is 3. The molecule has 21 heavy (non-hydrogen) atoms. The van der Waals surface area contributed by atoms with Gasteiger partial charge in [-0.25, -0.2) is 8.78 Å². The van der Waals surface area contributed by atoms with Crippen LogP contribution in [-0.2, 0) is 0 Å². The molecule has 2 aromatic carbocycles. The second-order valence-electron chi connectivity index (χ2n) is 4.71. The van der Waals surface area contributed by atoms with Gasteiger partial charge in [0.15, 0.2) is 0 Å². The monoisotopic (exact) mass is 353 g/mol. The van der Waals surface area contributed by atoms with Crippen LogP contribution in [0.15, 0.2) is 36.4 Å². The minimum absolute atomic E-state index is 0.00111. The number of amides is 1. The standard InChI is InChI=1S/C16H14BrF2NO/c1-9-7-8-12(18)14(15(9)19)16(21)20-13-6-4-3-5-11(13)10(2)17/h3-8,10H,1-2H3,(H,20,21). The number of benzene rings is 2. The van der Waals surface area contributed by atoms with Crippen LogP contribution in [0.1, 0.15) is 33.2 Å². The number of carbonyl (C=O) groups is 1. The van der Waals surface area contributed by atoms with Gasteiger partial charge >= 0.3 is 0 Å². The van der Waals surface area contributed by atoms with Gasteiger partial charge < -0.3 is 5.32 Å². The van der Waals surface area contributed by atoms with Crippen LogP contribution in [0, 0.1) is 18.6 Å². The van der Waals surface area contributed by atoms with Crippen LogP contribution in [0.25, 0.3) is 0 Å². The molecule has 0 radical (unpaired) electrons. The summed E-state index contributed by atoms with van der Waals surface area (Å²) < 4.78 is 27.7. The van der Waals surface area contributed by atoms with Crippen LogP contribution in [0.2, 0.25) is 0 Å². The van der Waals surface area contributed by atoms with Crippen molar-refractivity contribution in [3.05, 3.63) is 64.7 Å². The van der Waals surface area contributed by atoms with Crippen LogP contribution in [0.4, 0.5) is 14.5 Å². The third-order valence-electron chi connectivity index (χ3n) is 3.15. The summed E-state index contributed by atoms with van der Waals surface area (Å²) in [5, 5.41) is 2.57. The van der Waals surface area contributed by atoms with E-state index in [-0.39, 0.29) is 10.4 Å². The number of hydrogen-bond donors (Lipinski definition) is 1. The zero-order valence-corrected chi connectivity index (χ0v) is 13.2. The molecule has 0 spiro atoms. The van der Waals surface area contributed by atoms with Crippen molar-refractivity contribution in [1.29, 1.82) is 0 Å². The van der Waals surface area contributed by atoms with E-state index < -0.39 is 23.1 Å². The van der Waals surface area contributed by atoms with Crippen LogP contribution >= 0.6 is 15.9 Å². The number of hydrogen-bond acceptors (Lipinski definition) is 1. The van der Waals surface area contributed by atoms with Crippen molar-refractivity contribution in [3.63, 3.8) is 0 Å². The smallest absolute Gasteiger partial charge is 0.261 e. The number of alkyl halides is 1. The summed E-state index contributed by atoms with van der Waals surface area (Å²) in [6.07, 6.45) is 0. The largest absolute Gasteiger partial charge is 0.322 e. The molecule has 0 aliphatic heterocycles. The Labute approximate surface area is 130 Å². The molecule has 1 unspecified atom stereocenters. The molecule has 2 aromatic rings. The topological polar surface area (TPSA) is 29.1 Å². The lowest BCUT2D eigenvalue weighted by molar-refractivity contribution is 0.101. The minimum Gasteiger partial charge on any atom is -0.322 e. The first-order valence-electron chi connectivity index (χ1n) is 6.40. The van der Waals surface area contributed by atoms with Crippen molar-refractivity contribution < 1.29 is 13.6 Å². The maximum absolute atomic E-state index is 14.0. The van der Waals surface area contributed by atoms with Crippen molar-refractivity contribution in [2.75, 3.05) is 5.32 Å². The first kappa shape index (κ1) is 15.6. The van der Waals surface area contributed by atoms with Gasteiger partial charge in [0, 0.05) is 10.5 Å². The summed E-state index contributed by atoms with van der Waals surface area (Å²) in [4.78, 5) is 12.2. The number of para-hydroxylation sites is 1. The highest BCUT2D eigenvalue weighted by Gasteiger charge is 2.20. The van der Waals surface area contributed by atoms with E-state index in [4.69, 9.17) is 0 Å². The summed E-state index contributed by atoms with van der Waals surface area (Å²) in [7, 11) is 0. The van der Waals surface area contributed by atoms with Gasteiger partial charge in [0.05, 0.1) is 0 Å². The minimum atomic E-state index is -0.875. The van der Waals surface area contributed by atoms with E-state index in [1.807, 2.05) is 19.1 Å². The number of anilines is 1. The predicted molar refractivity (Wildman–Crippen MR) is 82.8 cm³/mol. The predicted octanol–water partition coefficient (Wildman–Crippen LogP) is 4.98. The van der Waals surface area contributed by atoms with E-state index in [1.54, 1.807) is 12.1 Å². The summed E-state index contributed by atoms with van der Waals surface area (Å²) in [6.45, 7) is 3.39. The second kappa shape index (κ2) is 6.35. The van der Waals surface area contributed by atoms with E-state index in [9.17, 15) is 13.6 Å². The van der Waals surface area contributed by atoms with E-state index >= 15 is 0 Å². The average molecular weight is 354 g/mol. The number of aryl methyl sites for hydroxylation is 1. The van der Waals surface area contributed by atoms with Crippen LogP contribution in [0.5, 0.6) is 0 Å². The molecule has 2 rings (SSSR count). The Hall–Kier alpha value is -1.75. The molecule has 110 valence electrons. The Morgan fingerprint density at radius 1 is 1.19 bits per heavy atom. The van der Waals surface area contributed by atoms with E-state index in [0.29, 0.717) is 5.69 Å². The first-order chi connectivity index (χ1) is 9.91. The molecule has 2 nitrogen and oxygen atoms in total. The molecule has 1 N–H and O–H groups in total. The molecule has 0 bridgehead atoms. The number of nitrogens with one attached hydrogen (secondary N) is 1. The van der Waals surface area contributed by atoms with Crippen molar-refractivity contribution in [1.82, 2.24) is 0 Å². The summed E-state index contributed by atoms with van der Waals surface area (Å²) >= 11 is 3.42. The van der Waals surface area contributed by atoms with Gasteiger partial charge in [0.25, 0.3) is 5.91 Å². The zero-order chi connectivity index (χ0) is 15.6. The fourth-order valence-electron chi connectivity index (χ4n) is 2.01. The van der Waals surface area contributed by atoms with Gasteiger partial charge in [0.2, 0.25) is 0 Å². The third kappa shape index (κ3) is 3.29. The Morgan fingerprint density at radius 3 is 2.52 bits per heavy atom. The van der Waals surface area contributed by atoms with Gasteiger partial charge in [-0.15, -0.1) is 0 Å². The number of halogens is 3. The molecule has 0 saturated heterocycles. The number of carbonyl (C=O) groups excluding carboxylic acids is 1. The van der Waals surface area contributed by atoms with Gasteiger partial charge in [-0.05, 0) is 37.1 Å². The summed E-state index contributed by atoms with van der Waals surface area (Å²) in [6, 6.07) is 9.49. The maximum atomic E-state index is 14.0. The Balaban J connectivity index is 2.38. The Kier molecular flexibility index (Phi) is 4.73. The molecule has 1 atom stereocenters. The Morgan fingerprint density at radius 2 is 1.86 bits per heavy atom. The van der Waals surface area contributed by atoms with Crippen LogP contribution in [0.3, 0.4) is 0 Å². The van der Waals surface area contributed by atoms with Crippen molar-refractivity contribution in [2.45, 2.75) is 18.7 Å². The SMILES string of the molecule is Cc1ccc(F)c(C(=O)Nc2ccccc2C(C)Br)c1F. The van der Waals surface area contributed by atoms with Crippen LogP contribution < -0.4 is 5.32 Å². The molecular formula is C16H14BrF2NO. The molecule has 0 saturated carbocycles. The average Bonchev–Trinajstić information content (AvgIpc) is 2.43. The molecule has 0 aromatic heterocycles. The summed E-state index contributed by atoms with van der Waals surface area (Å²) in [5.41, 5.74) is 1.02. The molecule has 0 aliphatic carbocycles. The highest BCUT2D eigenvalue weighted by Crippen LogP contribution is 2.29. The van der Waals surface area contributed by atoms with E-state index in [0.717, 1.165) is 11.6 Å². The zero-order valence-electron chi connectivity index (χ0n) is 11.6. The van der Waals surface area contributed by atoms with Crippen molar-refractivity contribution in [2.24, 2.45) is 0 Å². The van der Waals surface area contributed by atoms with Gasteiger partial charge in [-0.1, -0.05) is 40.2 Å². The van der Waals surface area contributed by atoms with Gasteiger partial charge in [0.1, 0.15) is 17.2 Å². The fourth-order valence-corrected chi connectivity index (χ4v) is 2.41. The quantitative estimate of drug-likeness (QED) is 0.774. The lowest BCUT2D eigenvalue weighted by Crippen LogP contribution is -2.17. The molecule has 1 amide bonds. The van der Waals surface area contributed by atoms with E-state index in [2.05, 4.69) is 21.2 Å². The molecule has 0 fully saturated rings. The molecule has 0 aliphatic rings. The maximum Gasteiger partial charge on any atom is 0.261 e. The van der Waals surface area contributed by atoms with Crippen molar-refractivity contribution >= 4 is 27.5 Å². The lowest BCUT2D eigenvalue weighted by atomic mass is 10.1. The molecular weight excluding hydrogens is 340 g/mol. The van der Waals surface area contributed by atoms with E-state index in [1.165, 1.54) is 13.0 Å². The Bertz CT molecular complexity index is 686. The van der Waals surface area contributed by atoms with Crippen molar-refractivity contribution in [3.8, 4) is 0 Å². The highest BCUT2D eigenvalue weighted by atomic mass is 79.9. The van der Waals surface area contributed by atoms with Gasteiger partial charge in [-0.2, -0.15) is 0 Å². The highest BCUT2D eigenvalue weighted by molar-refractivity contribution is 9.09. The fraction of sp³-hybridized carbons (Fsp3) is 0.188. The third-order valence-corrected chi connectivity index (χ3v) is 3.64. The summed E-state index contributed by atoms with van der Waals surface area (Å²) in [5.74, 6) is -2.51. The second-order valence-corrected chi connectivity index (χ2v) is 6.08. The normalized spacial score (nSPS) is 12.0. The molecule has 5 heteroatoms. The lowest BCUT2D eigenvalue weighted by Gasteiger charge is -2.13. The first-order valence-corrected chi connectivity index (χ1v) is 7.32. The van der Waals surface area contributed by atoms with Gasteiger partial charge in [-0.3, -0.25) is 4.79 Å². The molecule has 0 heterocycles.